The summed E-state index contributed by atoms with van der Waals surface area (Å²) in [7, 11) is -3.64. The highest BCUT2D eigenvalue weighted by Crippen LogP contribution is 2.41. The van der Waals surface area contributed by atoms with Gasteiger partial charge in [-0.2, -0.15) is 0 Å². The van der Waals surface area contributed by atoms with E-state index in [-0.39, 0.29) is 30.1 Å². The summed E-state index contributed by atoms with van der Waals surface area (Å²) in [5.74, 6) is 0.501. The van der Waals surface area contributed by atoms with E-state index in [0.717, 1.165) is 11.8 Å². The number of aryl methyl sites for hydroxylation is 1. The number of hydrogen-bond acceptors (Lipinski definition) is 6. The van der Waals surface area contributed by atoms with Crippen LogP contribution in [-0.4, -0.2) is 40.7 Å². The van der Waals surface area contributed by atoms with Gasteiger partial charge in [-0.1, -0.05) is 17.7 Å². The average Bonchev–Trinajstić information content (AvgIpc) is 3.15. The number of fused-ring (bicyclic) bond motifs is 2. The van der Waals surface area contributed by atoms with Crippen LogP contribution in [0.4, 0.5) is 5.69 Å². The lowest BCUT2D eigenvalue weighted by Gasteiger charge is -2.22. The monoisotopic (exact) mass is 523 g/mol. The van der Waals surface area contributed by atoms with Gasteiger partial charge >= 0.3 is 0 Å². The van der Waals surface area contributed by atoms with Crippen LogP contribution in [0.2, 0.25) is 0 Å². The van der Waals surface area contributed by atoms with Gasteiger partial charge in [0.05, 0.1) is 36.8 Å². The number of hydrogen-bond donors (Lipinski definition) is 1. The van der Waals surface area contributed by atoms with Crippen molar-refractivity contribution in [3.63, 3.8) is 0 Å². The summed E-state index contributed by atoms with van der Waals surface area (Å²) in [4.78, 5) is 13.3. The summed E-state index contributed by atoms with van der Waals surface area (Å²) >= 11 is 0. The molecule has 8 nitrogen and oxygen atoms in total. The molecule has 2 heterocycles. The van der Waals surface area contributed by atoms with Crippen molar-refractivity contribution in [2.45, 2.75) is 20.0 Å². The second-order valence-electron chi connectivity index (χ2n) is 8.96. The van der Waals surface area contributed by atoms with Gasteiger partial charge in [0.2, 0.25) is 10.0 Å². The Morgan fingerprint density at radius 2 is 1.78 bits per heavy atom. The highest BCUT2D eigenvalue weighted by Gasteiger charge is 2.30. The van der Waals surface area contributed by atoms with Crippen LogP contribution < -0.4 is 14.4 Å². The molecule has 1 atom stereocenters. The minimum Gasteiger partial charge on any atom is -0.457 e. The van der Waals surface area contributed by atoms with E-state index in [0.29, 0.717) is 33.7 Å². The summed E-state index contributed by atoms with van der Waals surface area (Å²) in [5.41, 5.74) is 2.77. The maximum atomic E-state index is 13.3. The number of nitrogens with one attached hydrogen (secondary N) is 1. The van der Waals surface area contributed by atoms with Crippen LogP contribution in [0.1, 0.15) is 38.6 Å². The van der Waals surface area contributed by atoms with Gasteiger partial charge in [-0.3, -0.25) is 9.10 Å². The average molecular weight is 524 g/mol. The number of carbonyl (C=O) groups is 1. The van der Waals surface area contributed by atoms with Gasteiger partial charge in [-0.25, -0.2) is 8.42 Å². The Kier molecular flexibility index (Phi) is 5.50. The summed E-state index contributed by atoms with van der Waals surface area (Å²) < 4.78 is 67.0. The molecule has 37 heavy (non-hydrogen) atoms. The Morgan fingerprint density at radius 1 is 1.11 bits per heavy atom. The maximum absolute atomic E-state index is 13.3. The number of anilines is 1. The van der Waals surface area contributed by atoms with Gasteiger partial charge in [0, 0.05) is 33.7 Å². The first kappa shape index (κ1) is 21.3. The van der Waals surface area contributed by atoms with E-state index < -0.39 is 29.0 Å². The topological polar surface area (TPSA) is 98.1 Å². The zero-order valence-electron chi connectivity index (χ0n) is 23.6. The zero-order valence-corrected chi connectivity index (χ0v) is 21.4. The summed E-state index contributed by atoms with van der Waals surface area (Å²) in [6.07, 6.45) is 0.626. The predicted octanol–water partition coefficient (Wildman–Crippen LogP) is 5.42. The number of furan rings is 1. The van der Waals surface area contributed by atoms with Gasteiger partial charge in [0.25, 0.3) is 5.91 Å². The maximum Gasteiger partial charge on any atom is 0.255 e. The third-order valence-electron chi connectivity index (χ3n) is 6.32. The van der Waals surface area contributed by atoms with Crippen molar-refractivity contribution in [1.29, 1.82) is 0 Å². The normalized spacial score (nSPS) is 17.3. The zero-order chi connectivity index (χ0) is 28.8. The van der Waals surface area contributed by atoms with Crippen molar-refractivity contribution < 1.29 is 31.2 Å². The van der Waals surface area contributed by atoms with E-state index >= 15 is 0 Å². The molecule has 1 aliphatic rings. The van der Waals surface area contributed by atoms with E-state index in [1.807, 2.05) is 36.5 Å². The fourth-order valence-electron chi connectivity index (χ4n) is 4.47. The second-order valence-corrected chi connectivity index (χ2v) is 10.9. The van der Waals surface area contributed by atoms with Crippen LogP contribution in [0.15, 0.2) is 65.1 Å². The molecule has 0 aliphatic carbocycles. The molecule has 1 aliphatic heterocycles. The van der Waals surface area contributed by atoms with Crippen molar-refractivity contribution >= 4 is 32.6 Å². The van der Waals surface area contributed by atoms with E-state index in [9.17, 15) is 13.2 Å². The molecular weight excluding hydrogens is 492 g/mol. The second kappa shape index (κ2) is 9.57. The summed E-state index contributed by atoms with van der Waals surface area (Å²) in [6, 6.07) is 17.6. The Hall–Kier alpha value is -3.82. The molecular formula is C28H28N2O6S. The third-order valence-corrected chi connectivity index (χ3v) is 7.50. The number of nitrogens with zero attached hydrogens (tertiary/aromatic N) is 1. The molecule has 1 unspecified atom stereocenters. The first-order valence-corrected chi connectivity index (χ1v) is 13.5. The Balaban J connectivity index is 1.64. The molecule has 4 aromatic rings. The predicted molar refractivity (Wildman–Crippen MR) is 143 cm³/mol. The molecule has 0 spiro atoms. The van der Waals surface area contributed by atoms with Crippen LogP contribution >= 0.6 is 0 Å². The van der Waals surface area contributed by atoms with E-state index in [4.69, 9.17) is 18.0 Å². The van der Waals surface area contributed by atoms with E-state index in [1.54, 1.807) is 43.3 Å². The van der Waals surface area contributed by atoms with E-state index in [2.05, 4.69) is 0 Å². The van der Waals surface area contributed by atoms with Crippen LogP contribution in [0, 0.1) is 6.92 Å². The van der Waals surface area contributed by atoms with Gasteiger partial charge in [0.1, 0.15) is 22.8 Å². The molecule has 192 valence electrons. The van der Waals surface area contributed by atoms with Crippen molar-refractivity contribution in [2.75, 3.05) is 30.7 Å². The van der Waals surface area contributed by atoms with Crippen LogP contribution in [-0.2, 0) is 14.8 Å². The van der Waals surface area contributed by atoms with Crippen molar-refractivity contribution in [3.8, 4) is 22.8 Å². The van der Waals surface area contributed by atoms with Crippen molar-refractivity contribution in [2.24, 2.45) is 0 Å². The molecule has 0 fully saturated rings. The lowest BCUT2D eigenvalue weighted by molar-refractivity contribution is 0.0769. The fourth-order valence-corrected chi connectivity index (χ4v) is 5.39. The molecule has 3 aromatic carbocycles. The molecule has 0 bridgehead atoms. The lowest BCUT2D eigenvalue weighted by atomic mass is 10.0. The molecule has 1 aromatic heterocycles. The minimum absolute atomic E-state index is 0.0171. The van der Waals surface area contributed by atoms with Crippen molar-refractivity contribution in [1.82, 2.24) is 5.32 Å². The van der Waals surface area contributed by atoms with Crippen LogP contribution in [0.25, 0.3) is 22.3 Å². The number of sulfonamides is 1. The minimum atomic E-state index is -3.64. The molecule has 0 saturated heterocycles. The Morgan fingerprint density at radius 3 is 2.43 bits per heavy atom. The third kappa shape index (κ3) is 4.80. The standard InChI is InChI=1S/C28H28N2O6S/c1-17-5-9-20(10-6-17)35-21-11-7-19(8-12-21)27-26(28(31)29-3)23-15-22-18(2)34-14-13-30(37(4,32)33)24(22)16-25(23)36-27/h5-12,15-16,18H,13-14H2,1-4H3,(H,29,31)/i3D3. The SMILES string of the molecule is [2H]C([2H])([2H])NC(=O)c1c(-c2ccc(Oc3ccc(C)cc3)cc2)oc2cc3c(cc12)C(C)OCCN3S(C)(=O)=O. The molecule has 0 radical (unpaired) electrons. The quantitative estimate of drug-likeness (QED) is 0.375. The highest BCUT2D eigenvalue weighted by molar-refractivity contribution is 7.92. The number of amides is 1. The molecule has 1 N–H and O–H groups in total. The Bertz CT molecular complexity index is 1680. The van der Waals surface area contributed by atoms with Gasteiger partial charge in [-0.05, 0) is 56.3 Å². The van der Waals surface area contributed by atoms with Crippen LogP contribution in [0.3, 0.4) is 0 Å². The molecule has 1 amide bonds. The first-order chi connectivity index (χ1) is 18.8. The van der Waals surface area contributed by atoms with E-state index in [1.165, 1.54) is 4.31 Å². The summed E-state index contributed by atoms with van der Waals surface area (Å²) in [5, 5.41) is 2.38. The summed E-state index contributed by atoms with van der Waals surface area (Å²) in [6.45, 7) is 1.32. The number of carbonyl (C=O) groups excluding carboxylic acids is 1. The largest absolute Gasteiger partial charge is 0.457 e. The fraction of sp³-hybridized carbons (Fsp3) is 0.250. The Labute approximate surface area is 220 Å². The highest BCUT2D eigenvalue weighted by atomic mass is 32.2. The number of benzene rings is 3. The lowest BCUT2D eigenvalue weighted by Crippen LogP contribution is -2.32. The number of ether oxygens (including phenoxy) is 2. The van der Waals surface area contributed by atoms with Gasteiger partial charge in [0.15, 0.2) is 0 Å². The first-order valence-electron chi connectivity index (χ1n) is 13.2. The van der Waals surface area contributed by atoms with Crippen LogP contribution in [0.5, 0.6) is 11.5 Å². The smallest absolute Gasteiger partial charge is 0.255 e. The van der Waals surface area contributed by atoms with Crippen molar-refractivity contribution in [3.05, 3.63) is 77.4 Å². The molecule has 0 saturated carbocycles. The number of rotatable bonds is 5. The molecule has 5 rings (SSSR count). The molecule has 9 heteroatoms. The van der Waals surface area contributed by atoms with Gasteiger partial charge in [-0.15, -0.1) is 0 Å². The van der Waals surface area contributed by atoms with Gasteiger partial charge < -0.3 is 19.2 Å².